The van der Waals surface area contributed by atoms with Crippen molar-refractivity contribution in [3.8, 4) is 5.75 Å². The Morgan fingerprint density at radius 3 is 2.63 bits per heavy atom. The summed E-state index contributed by atoms with van der Waals surface area (Å²) >= 11 is 12.3. The topological polar surface area (TPSA) is 68.5 Å². The molecule has 8 heteroatoms. The molecule has 3 aromatic rings. The summed E-state index contributed by atoms with van der Waals surface area (Å²) in [5.74, 6) is 0.554. The van der Waals surface area contributed by atoms with Crippen LogP contribution in [0.3, 0.4) is 0 Å². The summed E-state index contributed by atoms with van der Waals surface area (Å²) in [7, 11) is 3.93. The van der Waals surface area contributed by atoms with E-state index >= 15 is 0 Å². The fourth-order valence-corrected chi connectivity index (χ4v) is 3.37. The van der Waals surface area contributed by atoms with Crippen LogP contribution >= 0.6 is 23.2 Å². The smallest absolute Gasteiger partial charge is 0.288 e. The molecule has 0 radical (unpaired) electrons. The third-order valence-corrected chi connectivity index (χ3v) is 4.90. The van der Waals surface area contributed by atoms with E-state index in [-0.39, 0.29) is 17.3 Å². The zero-order valence-electron chi connectivity index (χ0n) is 15.0. The quantitative estimate of drug-likeness (QED) is 0.419. The van der Waals surface area contributed by atoms with Crippen molar-refractivity contribution < 1.29 is 9.66 Å². The summed E-state index contributed by atoms with van der Waals surface area (Å²) in [6.45, 7) is 1.91. The lowest BCUT2D eigenvalue weighted by atomic mass is 10.1. The Hall–Kier alpha value is -2.57. The van der Waals surface area contributed by atoms with Crippen molar-refractivity contribution in [3.05, 3.63) is 67.8 Å². The van der Waals surface area contributed by atoms with E-state index in [1.54, 1.807) is 6.07 Å². The second kappa shape index (κ2) is 7.58. The van der Waals surface area contributed by atoms with Crippen LogP contribution in [0.4, 0.5) is 11.4 Å². The first kappa shape index (κ1) is 19.2. The average molecular weight is 406 g/mol. The summed E-state index contributed by atoms with van der Waals surface area (Å²) in [5, 5.41) is 12.3. The minimum absolute atomic E-state index is 0.00855. The van der Waals surface area contributed by atoms with Crippen LogP contribution in [0.2, 0.25) is 10.0 Å². The van der Waals surface area contributed by atoms with E-state index in [0.717, 1.165) is 16.8 Å². The molecule has 0 unspecified atom stereocenters. The van der Waals surface area contributed by atoms with Crippen molar-refractivity contribution >= 4 is 45.5 Å². The van der Waals surface area contributed by atoms with E-state index in [1.165, 1.54) is 12.1 Å². The Labute approximate surface area is 166 Å². The lowest BCUT2D eigenvalue weighted by Crippen LogP contribution is -2.10. The normalized spacial score (nSPS) is 10.9. The highest BCUT2D eigenvalue weighted by atomic mass is 35.5. The maximum atomic E-state index is 11.1. The number of ether oxygens (including phenoxy) is 1. The third kappa shape index (κ3) is 3.77. The molecule has 0 bridgehead atoms. The fourth-order valence-electron chi connectivity index (χ4n) is 2.82. The number of hydrogen-bond acceptors (Lipinski definition) is 5. The minimum Gasteiger partial charge on any atom is -0.487 e. The van der Waals surface area contributed by atoms with Crippen LogP contribution in [0.5, 0.6) is 5.75 Å². The largest absolute Gasteiger partial charge is 0.487 e. The molecule has 0 atom stereocenters. The van der Waals surface area contributed by atoms with Gasteiger partial charge < -0.3 is 9.64 Å². The van der Waals surface area contributed by atoms with Gasteiger partial charge in [0.15, 0.2) is 0 Å². The minimum atomic E-state index is -0.547. The molecule has 0 N–H and O–H groups in total. The Balaban J connectivity index is 2.02. The lowest BCUT2D eigenvalue weighted by Gasteiger charge is -2.18. The fraction of sp³-hybridized carbons (Fsp3) is 0.211. The molecule has 0 aliphatic heterocycles. The first-order chi connectivity index (χ1) is 12.8. The molecule has 1 heterocycles. The molecule has 0 saturated carbocycles. The molecule has 0 aliphatic rings. The Morgan fingerprint density at radius 2 is 1.96 bits per heavy atom. The number of nitro groups is 1. The molecular formula is C19H17Cl2N3O3. The maximum absolute atomic E-state index is 11.1. The first-order valence-electron chi connectivity index (χ1n) is 8.11. The standard InChI is InChI=1S/C19H17Cl2N3O3/c1-11-9-16(23(2)3)12-5-4-6-17(19(12)22-11)27-10-13-14(20)7-8-15(18(13)21)24(25)26/h4-9H,10H2,1-3H3. The number of halogens is 2. The van der Waals surface area contributed by atoms with E-state index in [0.29, 0.717) is 21.9 Å². The number of hydrogen-bond donors (Lipinski definition) is 0. The number of benzene rings is 2. The van der Waals surface area contributed by atoms with E-state index in [9.17, 15) is 10.1 Å². The van der Waals surface area contributed by atoms with Crippen molar-refractivity contribution in [2.75, 3.05) is 19.0 Å². The maximum Gasteiger partial charge on any atom is 0.288 e. The van der Waals surface area contributed by atoms with Crippen LogP contribution < -0.4 is 9.64 Å². The molecule has 27 heavy (non-hydrogen) atoms. The van der Waals surface area contributed by atoms with E-state index in [1.807, 2.05) is 44.1 Å². The molecule has 0 aliphatic carbocycles. The number of pyridine rings is 1. The Kier molecular flexibility index (Phi) is 5.39. The summed E-state index contributed by atoms with van der Waals surface area (Å²) in [4.78, 5) is 17.2. The summed E-state index contributed by atoms with van der Waals surface area (Å²) in [6.07, 6.45) is 0. The van der Waals surface area contributed by atoms with Gasteiger partial charge in [0.05, 0.1) is 4.92 Å². The van der Waals surface area contributed by atoms with Crippen molar-refractivity contribution in [3.63, 3.8) is 0 Å². The van der Waals surface area contributed by atoms with Crippen molar-refractivity contribution in [2.24, 2.45) is 0 Å². The van der Waals surface area contributed by atoms with Gasteiger partial charge in [0.25, 0.3) is 5.69 Å². The number of aryl methyl sites for hydroxylation is 1. The van der Waals surface area contributed by atoms with Gasteiger partial charge in [-0.3, -0.25) is 10.1 Å². The van der Waals surface area contributed by atoms with Crippen LogP contribution in [-0.2, 0) is 6.61 Å². The summed E-state index contributed by atoms with van der Waals surface area (Å²) < 4.78 is 5.92. The van der Waals surface area contributed by atoms with Crippen molar-refractivity contribution in [1.82, 2.24) is 4.98 Å². The second-order valence-electron chi connectivity index (χ2n) is 6.23. The highest BCUT2D eigenvalue weighted by molar-refractivity contribution is 6.37. The predicted octanol–water partition coefficient (Wildman–Crippen LogP) is 5.40. The third-order valence-electron chi connectivity index (χ3n) is 4.12. The zero-order chi connectivity index (χ0) is 19.7. The lowest BCUT2D eigenvalue weighted by molar-refractivity contribution is -0.384. The number of aromatic nitrogens is 1. The number of para-hydroxylation sites is 1. The highest BCUT2D eigenvalue weighted by Gasteiger charge is 2.19. The Morgan fingerprint density at radius 1 is 1.22 bits per heavy atom. The van der Waals surface area contributed by atoms with Gasteiger partial charge in [0, 0.05) is 47.5 Å². The summed E-state index contributed by atoms with van der Waals surface area (Å²) in [6, 6.07) is 10.4. The van der Waals surface area contributed by atoms with Gasteiger partial charge >= 0.3 is 0 Å². The predicted molar refractivity (Wildman–Crippen MR) is 108 cm³/mol. The monoisotopic (exact) mass is 405 g/mol. The molecule has 0 spiro atoms. The van der Waals surface area contributed by atoms with Gasteiger partial charge in [-0.1, -0.05) is 35.3 Å². The van der Waals surface area contributed by atoms with Crippen molar-refractivity contribution in [1.29, 1.82) is 0 Å². The molecule has 140 valence electrons. The first-order valence-corrected chi connectivity index (χ1v) is 8.87. The SMILES string of the molecule is Cc1cc(N(C)C)c2cccc(OCc3c(Cl)ccc([N+](=O)[O-])c3Cl)c2n1. The molecule has 0 fully saturated rings. The van der Waals surface area contributed by atoms with E-state index in [4.69, 9.17) is 27.9 Å². The number of fused-ring (bicyclic) bond motifs is 1. The average Bonchev–Trinajstić information content (AvgIpc) is 2.60. The second-order valence-corrected chi connectivity index (χ2v) is 7.02. The van der Waals surface area contributed by atoms with Crippen LogP contribution in [0.1, 0.15) is 11.3 Å². The van der Waals surface area contributed by atoms with Gasteiger partial charge in [-0.25, -0.2) is 4.98 Å². The molecular weight excluding hydrogens is 389 g/mol. The van der Waals surface area contributed by atoms with Crippen LogP contribution in [0, 0.1) is 17.0 Å². The van der Waals surface area contributed by atoms with Gasteiger partial charge in [-0.05, 0) is 25.1 Å². The van der Waals surface area contributed by atoms with Gasteiger partial charge in [-0.2, -0.15) is 0 Å². The molecule has 3 rings (SSSR count). The van der Waals surface area contributed by atoms with Crippen LogP contribution in [0.25, 0.3) is 10.9 Å². The highest BCUT2D eigenvalue weighted by Crippen LogP contribution is 2.36. The van der Waals surface area contributed by atoms with Gasteiger partial charge in [-0.15, -0.1) is 0 Å². The van der Waals surface area contributed by atoms with Gasteiger partial charge in [0.2, 0.25) is 0 Å². The number of nitrogens with zero attached hydrogens (tertiary/aromatic N) is 3. The van der Waals surface area contributed by atoms with E-state index < -0.39 is 4.92 Å². The molecule has 1 aromatic heterocycles. The Bertz CT molecular complexity index is 1040. The van der Waals surface area contributed by atoms with E-state index in [2.05, 4.69) is 4.98 Å². The molecule has 6 nitrogen and oxygen atoms in total. The van der Waals surface area contributed by atoms with Crippen LogP contribution in [0.15, 0.2) is 36.4 Å². The number of anilines is 1. The number of rotatable bonds is 5. The van der Waals surface area contributed by atoms with Crippen molar-refractivity contribution in [2.45, 2.75) is 13.5 Å². The summed E-state index contributed by atoms with van der Waals surface area (Å²) in [5.41, 5.74) is 2.74. The molecule has 0 amide bonds. The van der Waals surface area contributed by atoms with Gasteiger partial charge in [0.1, 0.15) is 22.9 Å². The molecule has 2 aromatic carbocycles. The zero-order valence-corrected chi connectivity index (χ0v) is 16.5. The van der Waals surface area contributed by atoms with Crippen LogP contribution in [-0.4, -0.2) is 24.0 Å². The number of nitro benzene ring substituents is 1. The molecule has 0 saturated heterocycles.